The number of carbonyl (C=O) groups excluding carboxylic acids is 2. The van der Waals surface area contributed by atoms with E-state index in [1.807, 2.05) is 19.9 Å². The van der Waals surface area contributed by atoms with Crippen molar-refractivity contribution in [3.05, 3.63) is 34.4 Å². The molecule has 1 heterocycles. The Morgan fingerprint density at radius 2 is 1.89 bits per heavy atom. The minimum Gasteiger partial charge on any atom is -0.425 e. The number of allylic oxidation sites excluding steroid dienone is 3. The number of carbonyl (C=O) groups is 2. The Labute approximate surface area is 112 Å². The predicted molar refractivity (Wildman–Crippen MR) is 70.1 cm³/mol. The second kappa shape index (κ2) is 4.78. The summed E-state index contributed by atoms with van der Waals surface area (Å²) in [6.07, 6.45) is 5.24. The zero-order chi connectivity index (χ0) is 14.2. The number of aliphatic hydroxyl groups is 1. The lowest BCUT2D eigenvalue weighted by atomic mass is 9.90. The lowest BCUT2D eigenvalue weighted by Gasteiger charge is -2.25. The molecule has 4 nitrogen and oxygen atoms in total. The van der Waals surface area contributed by atoms with Crippen molar-refractivity contribution in [1.29, 1.82) is 0 Å². The highest BCUT2D eigenvalue weighted by atomic mass is 16.7. The monoisotopic (exact) mass is 262 g/mol. The van der Waals surface area contributed by atoms with Crippen LogP contribution >= 0.6 is 0 Å². The van der Waals surface area contributed by atoms with Crippen molar-refractivity contribution in [2.75, 3.05) is 0 Å². The van der Waals surface area contributed by atoms with E-state index in [0.29, 0.717) is 0 Å². The number of hydrogen-bond acceptors (Lipinski definition) is 4. The maximum absolute atomic E-state index is 12.2. The van der Waals surface area contributed by atoms with Crippen LogP contribution in [0.15, 0.2) is 34.4 Å². The van der Waals surface area contributed by atoms with Crippen molar-refractivity contribution in [3.8, 4) is 0 Å². The van der Waals surface area contributed by atoms with Crippen LogP contribution in [0.1, 0.15) is 40.0 Å². The first-order valence-electron chi connectivity index (χ1n) is 6.38. The van der Waals surface area contributed by atoms with Gasteiger partial charge in [-0.1, -0.05) is 17.2 Å². The molecule has 0 aromatic heterocycles. The summed E-state index contributed by atoms with van der Waals surface area (Å²) in [5.41, 5.74) is 2.11. The Morgan fingerprint density at radius 1 is 1.21 bits per heavy atom. The molecule has 0 amide bonds. The molecule has 2 rings (SSSR count). The topological polar surface area (TPSA) is 63.6 Å². The Kier molecular flexibility index (Phi) is 3.45. The predicted octanol–water partition coefficient (Wildman–Crippen LogP) is 2.19. The van der Waals surface area contributed by atoms with Gasteiger partial charge in [0, 0.05) is 12.0 Å². The van der Waals surface area contributed by atoms with E-state index in [2.05, 4.69) is 0 Å². The minimum absolute atomic E-state index is 0.0755. The summed E-state index contributed by atoms with van der Waals surface area (Å²) < 4.78 is 5.02. The standard InChI is InChI=1S/C15H18O4/c1-9-5-4-6-10(2)8-15(18)13(12(16)7-9)11(3)14(17)19-15/h6-7,18H,4-5,8H2,1-3H3/b9-7-,10-6-/t15-/m1/s1. The van der Waals surface area contributed by atoms with E-state index < -0.39 is 11.8 Å². The number of rotatable bonds is 0. The molecule has 0 spiro atoms. The van der Waals surface area contributed by atoms with Crippen LogP contribution in [-0.4, -0.2) is 22.6 Å². The fraction of sp³-hybridized carbons (Fsp3) is 0.467. The largest absolute Gasteiger partial charge is 0.425 e. The third-order valence-corrected chi connectivity index (χ3v) is 3.51. The van der Waals surface area contributed by atoms with Crippen LogP contribution in [0.2, 0.25) is 0 Å². The smallest absolute Gasteiger partial charge is 0.337 e. The molecule has 0 aromatic carbocycles. The van der Waals surface area contributed by atoms with Gasteiger partial charge in [-0.15, -0.1) is 0 Å². The molecule has 4 heteroatoms. The molecule has 102 valence electrons. The third kappa shape index (κ3) is 2.54. The molecule has 1 N–H and O–H groups in total. The van der Waals surface area contributed by atoms with E-state index >= 15 is 0 Å². The molecule has 1 aliphatic heterocycles. The highest BCUT2D eigenvalue weighted by Crippen LogP contribution is 2.37. The molecule has 0 fully saturated rings. The van der Waals surface area contributed by atoms with Gasteiger partial charge in [-0.3, -0.25) is 4.79 Å². The van der Waals surface area contributed by atoms with Gasteiger partial charge < -0.3 is 9.84 Å². The van der Waals surface area contributed by atoms with Gasteiger partial charge in [0.05, 0.1) is 5.57 Å². The second-order valence-corrected chi connectivity index (χ2v) is 5.29. The van der Waals surface area contributed by atoms with Crippen LogP contribution in [0, 0.1) is 0 Å². The zero-order valence-electron chi connectivity index (χ0n) is 11.4. The zero-order valence-corrected chi connectivity index (χ0v) is 11.4. The van der Waals surface area contributed by atoms with Gasteiger partial charge in [-0.05, 0) is 39.7 Å². The minimum atomic E-state index is -1.81. The van der Waals surface area contributed by atoms with Crippen molar-refractivity contribution in [2.45, 2.75) is 45.8 Å². The van der Waals surface area contributed by atoms with E-state index in [-0.39, 0.29) is 23.4 Å². The normalized spacial score (nSPS) is 34.1. The highest BCUT2D eigenvalue weighted by Gasteiger charge is 2.47. The third-order valence-electron chi connectivity index (χ3n) is 3.51. The van der Waals surface area contributed by atoms with Gasteiger partial charge in [0.2, 0.25) is 5.79 Å². The molecular weight excluding hydrogens is 244 g/mol. The van der Waals surface area contributed by atoms with Crippen molar-refractivity contribution in [2.24, 2.45) is 0 Å². The maximum Gasteiger partial charge on any atom is 0.337 e. The summed E-state index contributed by atoms with van der Waals surface area (Å²) in [4.78, 5) is 23.9. The quantitative estimate of drug-likeness (QED) is 0.537. The van der Waals surface area contributed by atoms with Crippen LogP contribution in [0.25, 0.3) is 0 Å². The molecule has 2 aliphatic rings. The number of ketones is 1. The molecule has 0 radical (unpaired) electrons. The van der Waals surface area contributed by atoms with Crippen LogP contribution in [0.3, 0.4) is 0 Å². The first-order chi connectivity index (χ1) is 8.83. The molecule has 19 heavy (non-hydrogen) atoms. The van der Waals surface area contributed by atoms with Gasteiger partial charge >= 0.3 is 5.97 Å². The van der Waals surface area contributed by atoms with E-state index in [1.165, 1.54) is 13.0 Å². The SMILES string of the molecule is CC1=C2C(=O)/C=C(/C)CC/C=C(/C)C[C@@]2(O)OC1=O. The molecule has 0 aromatic rings. The fourth-order valence-corrected chi connectivity index (χ4v) is 2.54. The summed E-state index contributed by atoms with van der Waals surface area (Å²) in [6.45, 7) is 5.25. The van der Waals surface area contributed by atoms with Crippen molar-refractivity contribution in [1.82, 2.24) is 0 Å². The van der Waals surface area contributed by atoms with E-state index in [9.17, 15) is 14.7 Å². The van der Waals surface area contributed by atoms with Gasteiger partial charge in [0.25, 0.3) is 0 Å². The number of hydrogen-bond donors (Lipinski definition) is 1. The highest BCUT2D eigenvalue weighted by molar-refractivity contribution is 6.12. The summed E-state index contributed by atoms with van der Waals surface area (Å²) in [5.74, 6) is -2.77. The molecule has 0 saturated carbocycles. The van der Waals surface area contributed by atoms with Crippen LogP contribution in [0.4, 0.5) is 0 Å². The first kappa shape index (κ1) is 13.7. The lowest BCUT2D eigenvalue weighted by molar-refractivity contribution is -0.181. The molecule has 0 saturated heterocycles. The van der Waals surface area contributed by atoms with Crippen molar-refractivity contribution in [3.63, 3.8) is 0 Å². The lowest BCUT2D eigenvalue weighted by Crippen LogP contribution is -2.35. The van der Waals surface area contributed by atoms with Crippen molar-refractivity contribution < 1.29 is 19.4 Å². The number of ether oxygens (including phenoxy) is 1. The van der Waals surface area contributed by atoms with Crippen LogP contribution in [0.5, 0.6) is 0 Å². The van der Waals surface area contributed by atoms with Gasteiger partial charge in [-0.2, -0.15) is 0 Å². The van der Waals surface area contributed by atoms with Crippen molar-refractivity contribution >= 4 is 11.8 Å². The van der Waals surface area contributed by atoms with E-state index in [1.54, 1.807) is 0 Å². The van der Waals surface area contributed by atoms with Gasteiger partial charge in [-0.25, -0.2) is 4.79 Å². The summed E-state index contributed by atoms with van der Waals surface area (Å²) in [5, 5.41) is 10.5. The fourth-order valence-electron chi connectivity index (χ4n) is 2.54. The van der Waals surface area contributed by atoms with E-state index in [0.717, 1.165) is 24.0 Å². The second-order valence-electron chi connectivity index (χ2n) is 5.29. The number of esters is 1. The van der Waals surface area contributed by atoms with Gasteiger partial charge in [0.15, 0.2) is 5.78 Å². The Balaban J connectivity index is 2.54. The molecular formula is C15H18O4. The van der Waals surface area contributed by atoms with Crippen LogP contribution < -0.4 is 0 Å². The molecule has 1 atom stereocenters. The molecule has 0 bridgehead atoms. The summed E-state index contributed by atoms with van der Waals surface area (Å²) in [7, 11) is 0. The average Bonchev–Trinajstić information content (AvgIpc) is 2.48. The Bertz CT molecular complexity index is 536. The first-order valence-corrected chi connectivity index (χ1v) is 6.38. The van der Waals surface area contributed by atoms with Gasteiger partial charge in [0.1, 0.15) is 0 Å². The summed E-state index contributed by atoms with van der Waals surface area (Å²) >= 11 is 0. The number of fused-ring (bicyclic) bond motifs is 1. The average molecular weight is 262 g/mol. The van der Waals surface area contributed by atoms with E-state index in [4.69, 9.17) is 4.74 Å². The Morgan fingerprint density at radius 3 is 2.58 bits per heavy atom. The molecule has 1 aliphatic carbocycles. The summed E-state index contributed by atoms with van der Waals surface area (Å²) in [6, 6.07) is 0. The molecule has 0 unspecified atom stereocenters. The maximum atomic E-state index is 12.2. The van der Waals surface area contributed by atoms with Crippen LogP contribution in [-0.2, 0) is 14.3 Å². The Hall–Kier alpha value is -1.68.